The van der Waals surface area contributed by atoms with E-state index < -0.39 is 29.3 Å². The first-order valence-electron chi connectivity index (χ1n) is 9.18. The van der Waals surface area contributed by atoms with Gasteiger partial charge in [0.1, 0.15) is 5.60 Å². The summed E-state index contributed by atoms with van der Waals surface area (Å²) in [6, 6.07) is 6.06. The molecule has 0 spiro atoms. The molecule has 1 aliphatic heterocycles. The molecule has 2 aromatic carbocycles. The van der Waals surface area contributed by atoms with Gasteiger partial charge in [0.15, 0.2) is 0 Å². The van der Waals surface area contributed by atoms with E-state index in [1.165, 1.54) is 4.90 Å². The van der Waals surface area contributed by atoms with Gasteiger partial charge in [0, 0.05) is 43.2 Å². The lowest BCUT2D eigenvalue weighted by Crippen LogP contribution is -2.54. The molecule has 2 unspecified atom stereocenters. The summed E-state index contributed by atoms with van der Waals surface area (Å²) in [6.45, 7) is 3.53. The summed E-state index contributed by atoms with van der Waals surface area (Å²) in [6.07, 6.45) is 0. The molecule has 29 heavy (non-hydrogen) atoms. The number of nitrogens with zero attached hydrogens (tertiary/aromatic N) is 1. The van der Waals surface area contributed by atoms with Gasteiger partial charge < -0.3 is 5.11 Å². The van der Waals surface area contributed by atoms with Gasteiger partial charge in [0.2, 0.25) is 11.8 Å². The Morgan fingerprint density at radius 3 is 1.76 bits per heavy atom. The predicted octanol–water partition coefficient (Wildman–Crippen LogP) is 5.00. The lowest BCUT2D eigenvalue weighted by atomic mass is 9.52. The standard InChI is InChI=1S/C21H15Cl4NO3/c1-7(2)26-19(27)15-14-12-8(22)3-5-10(24)16(12)21(29,18(15)20(26)28)17-11(25)6-4-9(23)13(14)17/h3-7,14-15,18,29H,1-2H3. The fourth-order valence-electron chi connectivity index (χ4n) is 5.46. The number of amides is 2. The number of carbonyl (C=O) groups excluding carboxylic acids is 2. The SMILES string of the molecule is CC(C)N1C(=O)C2C3c4c(Cl)ccc(Cl)c4C(O)(c4c(Cl)ccc(Cl)c43)C2C1=O. The van der Waals surface area contributed by atoms with Crippen LogP contribution < -0.4 is 0 Å². The Balaban J connectivity index is 1.96. The van der Waals surface area contributed by atoms with E-state index in [1.807, 2.05) is 0 Å². The Morgan fingerprint density at radius 2 is 1.31 bits per heavy atom. The molecule has 2 aromatic rings. The summed E-state index contributed by atoms with van der Waals surface area (Å²) in [5, 5.41) is 13.4. The van der Waals surface area contributed by atoms with Crippen LogP contribution >= 0.6 is 46.4 Å². The van der Waals surface area contributed by atoms with Gasteiger partial charge in [-0.2, -0.15) is 0 Å². The maximum absolute atomic E-state index is 13.4. The smallest absolute Gasteiger partial charge is 0.237 e. The molecule has 4 aliphatic rings. The summed E-state index contributed by atoms with van der Waals surface area (Å²) < 4.78 is 0. The largest absolute Gasteiger partial charge is 0.379 e. The first-order chi connectivity index (χ1) is 13.6. The van der Waals surface area contributed by atoms with Gasteiger partial charge in [-0.1, -0.05) is 46.4 Å². The van der Waals surface area contributed by atoms with Crippen LogP contribution in [0.1, 0.15) is 42.0 Å². The van der Waals surface area contributed by atoms with Gasteiger partial charge in [-0.05, 0) is 49.2 Å². The number of likely N-dealkylation sites (tertiary alicyclic amines) is 1. The number of rotatable bonds is 1. The van der Waals surface area contributed by atoms with E-state index in [-0.39, 0.29) is 22.0 Å². The number of hydrogen-bond acceptors (Lipinski definition) is 3. The number of aliphatic hydroxyl groups is 1. The highest BCUT2D eigenvalue weighted by Crippen LogP contribution is 2.67. The highest BCUT2D eigenvalue weighted by Gasteiger charge is 2.70. The zero-order valence-corrected chi connectivity index (χ0v) is 18.4. The molecule has 1 fully saturated rings. The summed E-state index contributed by atoms with van der Waals surface area (Å²) in [5.74, 6) is -3.29. The van der Waals surface area contributed by atoms with Crippen LogP contribution in [0.15, 0.2) is 24.3 Å². The van der Waals surface area contributed by atoms with E-state index in [4.69, 9.17) is 46.4 Å². The van der Waals surface area contributed by atoms with Crippen LogP contribution in [0.4, 0.5) is 0 Å². The van der Waals surface area contributed by atoms with Crippen LogP contribution in [-0.2, 0) is 15.2 Å². The Hall–Kier alpha value is -1.30. The normalized spacial score (nSPS) is 29.4. The maximum atomic E-state index is 13.4. The average molecular weight is 471 g/mol. The van der Waals surface area contributed by atoms with Crippen molar-refractivity contribution in [3.8, 4) is 0 Å². The van der Waals surface area contributed by atoms with Crippen LogP contribution in [0.25, 0.3) is 0 Å². The summed E-state index contributed by atoms with van der Waals surface area (Å²) in [4.78, 5) is 28.0. The van der Waals surface area contributed by atoms with Crippen molar-refractivity contribution >= 4 is 58.2 Å². The molecule has 0 aromatic heterocycles. The fourth-order valence-corrected chi connectivity index (χ4v) is 6.62. The molecule has 1 N–H and O–H groups in total. The van der Waals surface area contributed by atoms with E-state index in [2.05, 4.69) is 0 Å². The number of benzene rings is 2. The van der Waals surface area contributed by atoms with E-state index >= 15 is 0 Å². The van der Waals surface area contributed by atoms with E-state index in [1.54, 1.807) is 38.1 Å². The minimum Gasteiger partial charge on any atom is -0.379 e. The second-order valence-corrected chi connectivity index (χ2v) is 9.65. The lowest BCUT2D eigenvalue weighted by molar-refractivity contribution is -0.143. The van der Waals surface area contributed by atoms with Crippen molar-refractivity contribution in [2.24, 2.45) is 11.8 Å². The van der Waals surface area contributed by atoms with E-state index in [0.29, 0.717) is 32.3 Å². The predicted molar refractivity (Wildman–Crippen MR) is 112 cm³/mol. The quantitative estimate of drug-likeness (QED) is 0.596. The Labute approximate surface area is 187 Å². The molecule has 2 amide bonds. The molecule has 1 saturated heterocycles. The summed E-state index contributed by atoms with van der Waals surface area (Å²) in [7, 11) is 0. The number of hydrogen-bond donors (Lipinski definition) is 1. The van der Waals surface area contributed by atoms with Crippen molar-refractivity contribution in [1.29, 1.82) is 0 Å². The third-order valence-electron chi connectivity index (χ3n) is 6.38. The van der Waals surface area contributed by atoms with Crippen LogP contribution in [0.5, 0.6) is 0 Å². The first-order valence-corrected chi connectivity index (χ1v) is 10.7. The molecule has 8 heteroatoms. The lowest BCUT2D eigenvalue weighted by Gasteiger charge is -2.52. The Kier molecular flexibility index (Phi) is 4.14. The van der Waals surface area contributed by atoms with E-state index in [9.17, 15) is 14.7 Å². The third kappa shape index (κ3) is 2.17. The van der Waals surface area contributed by atoms with Crippen LogP contribution in [0.2, 0.25) is 20.1 Å². The highest BCUT2D eigenvalue weighted by atomic mass is 35.5. The van der Waals surface area contributed by atoms with Crippen LogP contribution in [0.3, 0.4) is 0 Å². The third-order valence-corrected chi connectivity index (χ3v) is 7.67. The Bertz CT molecular complexity index is 1070. The van der Waals surface area contributed by atoms with Gasteiger partial charge in [-0.25, -0.2) is 0 Å². The molecule has 150 valence electrons. The topological polar surface area (TPSA) is 57.6 Å². The molecule has 2 bridgehead atoms. The van der Waals surface area contributed by atoms with Crippen molar-refractivity contribution in [2.75, 3.05) is 0 Å². The molecule has 2 atom stereocenters. The first kappa shape index (κ1) is 19.7. The molecule has 0 radical (unpaired) electrons. The van der Waals surface area contributed by atoms with Gasteiger partial charge >= 0.3 is 0 Å². The molecule has 4 nitrogen and oxygen atoms in total. The molecule has 0 saturated carbocycles. The minimum absolute atomic E-state index is 0.264. The van der Waals surface area contributed by atoms with Crippen molar-refractivity contribution in [2.45, 2.75) is 31.4 Å². The van der Waals surface area contributed by atoms with Crippen molar-refractivity contribution < 1.29 is 14.7 Å². The van der Waals surface area contributed by atoms with Crippen LogP contribution in [-0.4, -0.2) is 27.9 Å². The van der Waals surface area contributed by atoms with E-state index in [0.717, 1.165) is 0 Å². The van der Waals surface area contributed by atoms with Gasteiger partial charge in [0.25, 0.3) is 0 Å². The monoisotopic (exact) mass is 469 g/mol. The average Bonchev–Trinajstić information content (AvgIpc) is 2.93. The Morgan fingerprint density at radius 1 is 0.862 bits per heavy atom. The van der Waals surface area contributed by atoms with Gasteiger partial charge in [-0.15, -0.1) is 0 Å². The molecular weight excluding hydrogens is 456 g/mol. The zero-order valence-electron chi connectivity index (χ0n) is 15.3. The second-order valence-electron chi connectivity index (χ2n) is 8.02. The van der Waals surface area contributed by atoms with Gasteiger partial charge in [0.05, 0.1) is 11.8 Å². The van der Waals surface area contributed by atoms with Crippen molar-refractivity contribution in [3.05, 3.63) is 66.6 Å². The van der Waals surface area contributed by atoms with Crippen LogP contribution in [0, 0.1) is 11.8 Å². The minimum atomic E-state index is -1.91. The second kappa shape index (κ2) is 6.12. The summed E-state index contributed by atoms with van der Waals surface area (Å²) >= 11 is 26.1. The molecule has 1 heterocycles. The van der Waals surface area contributed by atoms with Gasteiger partial charge in [-0.3, -0.25) is 14.5 Å². The number of imide groups is 1. The molecular formula is C21H15Cl4NO3. The fraction of sp³-hybridized carbons (Fsp3) is 0.333. The molecule has 3 aliphatic carbocycles. The maximum Gasteiger partial charge on any atom is 0.237 e. The van der Waals surface area contributed by atoms with Crippen molar-refractivity contribution in [1.82, 2.24) is 4.90 Å². The molecule has 6 rings (SSSR count). The zero-order chi connectivity index (χ0) is 21.0. The highest BCUT2D eigenvalue weighted by molar-refractivity contribution is 6.37. The number of carbonyl (C=O) groups is 2. The summed E-state index contributed by atoms with van der Waals surface area (Å²) in [5.41, 5.74) is -0.176. The van der Waals surface area contributed by atoms with Crippen molar-refractivity contribution in [3.63, 3.8) is 0 Å². The number of halogens is 4.